The van der Waals surface area contributed by atoms with E-state index in [2.05, 4.69) is 15.2 Å². The van der Waals surface area contributed by atoms with E-state index in [9.17, 15) is 9.59 Å². The predicted molar refractivity (Wildman–Crippen MR) is 107 cm³/mol. The number of benzene rings is 2. The topological polar surface area (TPSA) is 63.1 Å². The molecule has 27 heavy (non-hydrogen) atoms. The average Bonchev–Trinajstić information content (AvgIpc) is 2.98. The monoisotopic (exact) mass is 361 g/mol. The minimum Gasteiger partial charge on any atom is -0.359 e. The Morgan fingerprint density at radius 2 is 1.63 bits per heavy atom. The molecule has 5 heteroatoms. The summed E-state index contributed by atoms with van der Waals surface area (Å²) in [5.74, 6) is -0.190. The summed E-state index contributed by atoms with van der Waals surface area (Å²) in [6.45, 7) is 3.94. The molecule has 0 aliphatic carbocycles. The number of anilines is 1. The van der Waals surface area contributed by atoms with Crippen LogP contribution >= 0.6 is 0 Å². The molecule has 0 saturated carbocycles. The fraction of sp³-hybridized carbons (Fsp3) is 0.182. The molecule has 3 aromatic rings. The molecular weight excluding hydrogens is 338 g/mol. The normalized spacial score (nSPS) is 10.5. The standard InChI is InChI=1S/C22H23N3O2/c1-15-13-20(16(2)25(15)19-7-5-4-6-8-19)22(27)24-18-11-9-17(10-12-18)14-21(26)23-3/h4-13H,14H2,1-3H3,(H,23,26)(H,24,27). The summed E-state index contributed by atoms with van der Waals surface area (Å²) in [4.78, 5) is 24.2. The second-order valence-electron chi connectivity index (χ2n) is 6.46. The van der Waals surface area contributed by atoms with Crippen LogP contribution in [0, 0.1) is 13.8 Å². The second kappa shape index (κ2) is 7.91. The molecule has 0 atom stereocenters. The van der Waals surface area contributed by atoms with Crippen LogP contribution in [0.3, 0.4) is 0 Å². The minimum absolute atomic E-state index is 0.0415. The zero-order valence-corrected chi connectivity index (χ0v) is 15.7. The van der Waals surface area contributed by atoms with Gasteiger partial charge in [-0.05, 0) is 49.7 Å². The molecule has 2 amide bonds. The van der Waals surface area contributed by atoms with E-state index in [0.29, 0.717) is 17.7 Å². The smallest absolute Gasteiger partial charge is 0.257 e. The molecular formula is C22H23N3O2. The molecule has 2 aromatic carbocycles. The molecule has 0 aliphatic heterocycles. The average molecular weight is 361 g/mol. The molecule has 0 radical (unpaired) electrons. The van der Waals surface area contributed by atoms with Gasteiger partial charge in [0.15, 0.2) is 0 Å². The molecule has 0 fully saturated rings. The van der Waals surface area contributed by atoms with E-state index in [1.807, 2.05) is 74.5 Å². The van der Waals surface area contributed by atoms with E-state index < -0.39 is 0 Å². The van der Waals surface area contributed by atoms with Gasteiger partial charge in [0, 0.05) is 29.8 Å². The lowest BCUT2D eigenvalue weighted by molar-refractivity contribution is -0.119. The molecule has 0 spiro atoms. The van der Waals surface area contributed by atoms with Crippen molar-refractivity contribution in [1.29, 1.82) is 0 Å². The predicted octanol–water partition coefficient (Wildman–Crippen LogP) is 3.63. The molecule has 0 unspecified atom stereocenters. The maximum atomic E-state index is 12.8. The SMILES string of the molecule is CNC(=O)Cc1ccc(NC(=O)c2cc(C)n(-c3ccccc3)c2C)cc1. The highest BCUT2D eigenvalue weighted by Crippen LogP contribution is 2.22. The summed E-state index contributed by atoms with van der Waals surface area (Å²) in [5, 5.41) is 5.53. The van der Waals surface area contributed by atoms with Crippen molar-refractivity contribution in [3.8, 4) is 5.69 Å². The van der Waals surface area contributed by atoms with Gasteiger partial charge >= 0.3 is 0 Å². The van der Waals surface area contributed by atoms with Gasteiger partial charge in [-0.1, -0.05) is 30.3 Å². The third-order valence-corrected chi connectivity index (χ3v) is 4.55. The van der Waals surface area contributed by atoms with Crippen LogP contribution < -0.4 is 10.6 Å². The number of aromatic nitrogens is 1. The number of hydrogen-bond acceptors (Lipinski definition) is 2. The number of rotatable bonds is 5. The lowest BCUT2D eigenvalue weighted by Crippen LogP contribution is -2.19. The van der Waals surface area contributed by atoms with Crippen LogP contribution in [0.25, 0.3) is 5.69 Å². The van der Waals surface area contributed by atoms with Gasteiger partial charge in [0.1, 0.15) is 0 Å². The summed E-state index contributed by atoms with van der Waals surface area (Å²) >= 11 is 0. The van der Waals surface area contributed by atoms with Crippen molar-refractivity contribution in [2.24, 2.45) is 0 Å². The molecule has 0 bridgehead atoms. The van der Waals surface area contributed by atoms with E-state index in [1.165, 1.54) is 0 Å². The lowest BCUT2D eigenvalue weighted by atomic mass is 10.1. The van der Waals surface area contributed by atoms with Crippen LogP contribution in [0.1, 0.15) is 27.3 Å². The Morgan fingerprint density at radius 3 is 2.26 bits per heavy atom. The Labute approximate surface area is 159 Å². The van der Waals surface area contributed by atoms with Gasteiger partial charge in [-0.15, -0.1) is 0 Å². The van der Waals surface area contributed by atoms with Crippen LogP contribution in [-0.2, 0) is 11.2 Å². The van der Waals surface area contributed by atoms with Crippen molar-refractivity contribution >= 4 is 17.5 Å². The zero-order chi connectivity index (χ0) is 19.4. The van der Waals surface area contributed by atoms with E-state index in [1.54, 1.807) is 7.05 Å². The largest absolute Gasteiger partial charge is 0.359 e. The van der Waals surface area contributed by atoms with Crippen LogP contribution in [0.2, 0.25) is 0 Å². The van der Waals surface area contributed by atoms with E-state index in [4.69, 9.17) is 0 Å². The summed E-state index contributed by atoms with van der Waals surface area (Å²) in [6, 6.07) is 19.2. The summed E-state index contributed by atoms with van der Waals surface area (Å²) < 4.78 is 2.07. The van der Waals surface area contributed by atoms with Crippen molar-refractivity contribution in [2.75, 3.05) is 12.4 Å². The Bertz CT molecular complexity index is 957. The first-order valence-corrected chi connectivity index (χ1v) is 8.85. The summed E-state index contributed by atoms with van der Waals surface area (Å²) in [6.07, 6.45) is 0.322. The maximum Gasteiger partial charge on any atom is 0.257 e. The highest BCUT2D eigenvalue weighted by molar-refractivity contribution is 6.05. The van der Waals surface area contributed by atoms with Crippen LogP contribution in [-0.4, -0.2) is 23.4 Å². The van der Waals surface area contributed by atoms with Gasteiger partial charge in [0.25, 0.3) is 5.91 Å². The number of nitrogens with one attached hydrogen (secondary N) is 2. The van der Waals surface area contributed by atoms with E-state index in [0.717, 1.165) is 22.6 Å². The fourth-order valence-corrected chi connectivity index (χ4v) is 3.15. The third kappa shape index (κ3) is 4.08. The Balaban J connectivity index is 1.78. The van der Waals surface area contributed by atoms with Gasteiger partial charge in [-0.25, -0.2) is 0 Å². The van der Waals surface area contributed by atoms with Crippen molar-refractivity contribution in [2.45, 2.75) is 20.3 Å². The number of hydrogen-bond donors (Lipinski definition) is 2. The number of likely N-dealkylation sites (N-methyl/N-ethyl adjacent to an activating group) is 1. The molecule has 0 aliphatic rings. The van der Waals surface area contributed by atoms with Crippen LogP contribution in [0.15, 0.2) is 60.7 Å². The first kappa shape index (κ1) is 18.5. The van der Waals surface area contributed by atoms with Gasteiger partial charge in [-0.3, -0.25) is 9.59 Å². The minimum atomic E-state index is -0.149. The lowest BCUT2D eigenvalue weighted by Gasteiger charge is -2.10. The number of nitrogens with zero attached hydrogens (tertiary/aromatic N) is 1. The van der Waals surface area contributed by atoms with Crippen LogP contribution in [0.5, 0.6) is 0 Å². The number of carbonyl (C=O) groups is 2. The highest BCUT2D eigenvalue weighted by Gasteiger charge is 2.16. The molecule has 2 N–H and O–H groups in total. The first-order chi connectivity index (χ1) is 13.0. The van der Waals surface area contributed by atoms with Crippen molar-refractivity contribution in [1.82, 2.24) is 9.88 Å². The summed E-state index contributed by atoms with van der Waals surface area (Å²) in [7, 11) is 1.61. The summed E-state index contributed by atoms with van der Waals surface area (Å²) in [5.41, 5.74) is 5.17. The number of aryl methyl sites for hydroxylation is 1. The maximum absolute atomic E-state index is 12.8. The van der Waals surface area contributed by atoms with Crippen LogP contribution in [0.4, 0.5) is 5.69 Å². The van der Waals surface area contributed by atoms with Crippen molar-refractivity contribution in [3.63, 3.8) is 0 Å². The molecule has 0 saturated heterocycles. The molecule has 138 valence electrons. The van der Waals surface area contributed by atoms with E-state index >= 15 is 0 Å². The second-order valence-corrected chi connectivity index (χ2v) is 6.46. The Hall–Kier alpha value is -3.34. The highest BCUT2D eigenvalue weighted by atomic mass is 16.2. The van der Waals surface area contributed by atoms with E-state index in [-0.39, 0.29) is 11.8 Å². The number of carbonyl (C=O) groups excluding carboxylic acids is 2. The molecule has 3 rings (SSSR count). The van der Waals surface area contributed by atoms with Gasteiger partial charge in [-0.2, -0.15) is 0 Å². The third-order valence-electron chi connectivity index (χ3n) is 4.55. The zero-order valence-electron chi connectivity index (χ0n) is 15.7. The van der Waals surface area contributed by atoms with Gasteiger partial charge in [0.05, 0.1) is 12.0 Å². The number of para-hydroxylation sites is 1. The number of amides is 2. The molecule has 1 aromatic heterocycles. The quantitative estimate of drug-likeness (QED) is 0.729. The first-order valence-electron chi connectivity index (χ1n) is 8.85. The van der Waals surface area contributed by atoms with Gasteiger partial charge < -0.3 is 15.2 Å². The van der Waals surface area contributed by atoms with Crippen molar-refractivity contribution < 1.29 is 9.59 Å². The van der Waals surface area contributed by atoms with Crippen molar-refractivity contribution in [3.05, 3.63) is 83.2 Å². The van der Waals surface area contributed by atoms with Gasteiger partial charge in [0.2, 0.25) is 5.91 Å². The fourth-order valence-electron chi connectivity index (χ4n) is 3.15. The molecule has 1 heterocycles. The Morgan fingerprint density at radius 1 is 0.963 bits per heavy atom. The Kier molecular flexibility index (Phi) is 5.41. The molecule has 5 nitrogen and oxygen atoms in total.